The van der Waals surface area contributed by atoms with Gasteiger partial charge in [0.25, 0.3) is 0 Å². The van der Waals surface area contributed by atoms with Crippen LogP contribution >= 0.6 is 0 Å². The zero-order valence-electron chi connectivity index (χ0n) is 13.0. The average molecular weight is 292 g/mol. The van der Waals surface area contributed by atoms with Gasteiger partial charge in [-0.3, -0.25) is 9.80 Å². The number of piperidine rings is 1. The summed E-state index contributed by atoms with van der Waals surface area (Å²) in [5.74, 6) is -0.335. The van der Waals surface area contributed by atoms with E-state index in [-0.39, 0.29) is 18.8 Å². The fourth-order valence-corrected chi connectivity index (χ4v) is 3.62. The van der Waals surface area contributed by atoms with Crippen LogP contribution in [0, 0.1) is 11.3 Å². The van der Waals surface area contributed by atoms with Gasteiger partial charge in [-0.25, -0.2) is 0 Å². The first-order valence-electron chi connectivity index (χ1n) is 7.72. The molecular weight excluding hydrogens is 265 g/mol. The monoisotopic (exact) mass is 292 g/mol. The lowest BCUT2D eigenvalue weighted by Crippen LogP contribution is -2.64. The Hall–Kier alpha value is -0.290. The molecule has 2 nitrogen and oxygen atoms in total. The molecule has 0 radical (unpaired) electrons. The van der Waals surface area contributed by atoms with E-state index >= 15 is 0 Å². The smallest absolute Gasteiger partial charge is 0.298 e. The van der Waals surface area contributed by atoms with Crippen LogP contribution in [-0.2, 0) is 0 Å². The zero-order valence-corrected chi connectivity index (χ0v) is 13.0. The molecule has 0 unspecified atom stereocenters. The van der Waals surface area contributed by atoms with Crippen LogP contribution in [0.3, 0.4) is 0 Å². The normalized spacial score (nSPS) is 26.2. The highest BCUT2D eigenvalue weighted by Gasteiger charge is 2.57. The predicted molar refractivity (Wildman–Crippen MR) is 74.6 cm³/mol. The summed E-state index contributed by atoms with van der Waals surface area (Å²) in [6.45, 7) is 11.0. The number of likely N-dealkylation sites (tertiary alicyclic amines) is 2. The van der Waals surface area contributed by atoms with Crippen molar-refractivity contribution in [1.82, 2.24) is 9.80 Å². The maximum atomic E-state index is 13.4. The summed E-state index contributed by atoms with van der Waals surface area (Å²) in [7, 11) is 0. The molecule has 0 aromatic rings. The fourth-order valence-electron chi connectivity index (χ4n) is 3.62. The molecule has 0 spiro atoms. The standard InChI is InChI=1S/C15H27F3N2/c1-11(2)14(15(16,17)18)5-7-19(8-6-14)13-9-20(10-13)12(3)4/h11-13H,5-10H2,1-4H3. The van der Waals surface area contributed by atoms with Crippen LogP contribution in [0.1, 0.15) is 40.5 Å². The Kier molecular flexibility index (Phi) is 4.41. The zero-order chi connectivity index (χ0) is 15.1. The van der Waals surface area contributed by atoms with Crippen molar-refractivity contribution in [2.75, 3.05) is 26.2 Å². The molecule has 0 bridgehead atoms. The van der Waals surface area contributed by atoms with Crippen molar-refractivity contribution in [3.63, 3.8) is 0 Å². The molecule has 2 rings (SSSR count). The molecule has 2 heterocycles. The van der Waals surface area contributed by atoms with Gasteiger partial charge in [0.15, 0.2) is 0 Å². The Labute approximate surface area is 120 Å². The summed E-state index contributed by atoms with van der Waals surface area (Å²) < 4.78 is 40.2. The summed E-state index contributed by atoms with van der Waals surface area (Å²) >= 11 is 0. The number of rotatable bonds is 3. The third kappa shape index (κ3) is 2.71. The van der Waals surface area contributed by atoms with Gasteiger partial charge in [0, 0.05) is 25.2 Å². The molecule has 0 saturated carbocycles. The molecule has 0 amide bonds. The average Bonchev–Trinajstić information content (AvgIpc) is 2.25. The third-order valence-corrected chi connectivity index (χ3v) is 5.50. The molecule has 2 aliphatic rings. The maximum Gasteiger partial charge on any atom is 0.394 e. The van der Waals surface area contributed by atoms with E-state index in [9.17, 15) is 13.2 Å². The molecule has 0 N–H and O–H groups in total. The molecule has 0 aliphatic carbocycles. The number of hydrogen-bond acceptors (Lipinski definition) is 2. The van der Waals surface area contributed by atoms with Crippen LogP contribution < -0.4 is 0 Å². The fraction of sp³-hybridized carbons (Fsp3) is 1.00. The van der Waals surface area contributed by atoms with Crippen molar-refractivity contribution in [2.45, 2.75) is 58.8 Å². The molecule has 2 fully saturated rings. The van der Waals surface area contributed by atoms with Crippen LogP contribution in [0.4, 0.5) is 13.2 Å². The summed E-state index contributed by atoms with van der Waals surface area (Å²) in [4.78, 5) is 4.64. The number of nitrogens with zero attached hydrogens (tertiary/aromatic N) is 2. The lowest BCUT2D eigenvalue weighted by molar-refractivity contribution is -0.255. The second-order valence-electron chi connectivity index (χ2n) is 7.05. The van der Waals surface area contributed by atoms with Gasteiger partial charge in [0.1, 0.15) is 0 Å². The first kappa shape index (κ1) is 16.1. The Morgan fingerprint density at radius 3 is 1.85 bits per heavy atom. The summed E-state index contributed by atoms with van der Waals surface area (Å²) in [6, 6.07) is 1.01. The molecule has 0 aromatic heterocycles. The lowest BCUT2D eigenvalue weighted by Gasteiger charge is -2.52. The number of hydrogen-bond donors (Lipinski definition) is 0. The third-order valence-electron chi connectivity index (χ3n) is 5.50. The summed E-state index contributed by atoms with van der Waals surface area (Å²) in [5, 5.41) is 0. The van der Waals surface area contributed by atoms with Crippen LogP contribution in [0.15, 0.2) is 0 Å². The SMILES string of the molecule is CC(C)N1CC(N2CCC(C(C)C)(C(F)(F)F)CC2)C1. The van der Waals surface area contributed by atoms with Crippen LogP contribution in [-0.4, -0.2) is 54.2 Å². The van der Waals surface area contributed by atoms with Crippen molar-refractivity contribution in [3.8, 4) is 0 Å². The molecule has 20 heavy (non-hydrogen) atoms. The lowest BCUT2D eigenvalue weighted by atomic mass is 9.69. The minimum Gasteiger partial charge on any atom is -0.298 e. The summed E-state index contributed by atoms with van der Waals surface area (Å²) in [6.07, 6.45) is -3.56. The van der Waals surface area contributed by atoms with Gasteiger partial charge in [-0.2, -0.15) is 13.2 Å². The minimum absolute atomic E-state index is 0.256. The van der Waals surface area contributed by atoms with Gasteiger partial charge in [0.2, 0.25) is 0 Å². The Morgan fingerprint density at radius 1 is 1.00 bits per heavy atom. The van der Waals surface area contributed by atoms with Crippen molar-refractivity contribution >= 4 is 0 Å². The minimum atomic E-state index is -4.07. The van der Waals surface area contributed by atoms with Gasteiger partial charge in [-0.05, 0) is 45.7 Å². The molecule has 2 aliphatic heterocycles. The Balaban J connectivity index is 1.92. The summed E-state index contributed by atoms with van der Waals surface area (Å²) in [5.41, 5.74) is -1.47. The highest BCUT2D eigenvalue weighted by atomic mass is 19.4. The molecule has 2 saturated heterocycles. The topological polar surface area (TPSA) is 6.48 Å². The molecule has 118 valence electrons. The van der Waals surface area contributed by atoms with Crippen LogP contribution in [0.5, 0.6) is 0 Å². The van der Waals surface area contributed by atoms with E-state index in [4.69, 9.17) is 0 Å². The van der Waals surface area contributed by atoms with Crippen LogP contribution in [0.2, 0.25) is 0 Å². The predicted octanol–water partition coefficient (Wildman–Crippen LogP) is 3.38. The van der Waals surface area contributed by atoms with Crippen molar-refractivity contribution < 1.29 is 13.2 Å². The Bertz CT molecular complexity index is 325. The number of halogens is 3. The van der Waals surface area contributed by atoms with E-state index < -0.39 is 11.6 Å². The van der Waals surface area contributed by atoms with Gasteiger partial charge in [0.05, 0.1) is 5.41 Å². The largest absolute Gasteiger partial charge is 0.394 e. The first-order valence-corrected chi connectivity index (χ1v) is 7.72. The van der Waals surface area contributed by atoms with Gasteiger partial charge in [-0.15, -0.1) is 0 Å². The molecule has 0 aromatic carbocycles. The van der Waals surface area contributed by atoms with E-state index in [0.717, 1.165) is 13.1 Å². The highest BCUT2D eigenvalue weighted by molar-refractivity contribution is 4.98. The molecular formula is C15H27F3N2. The van der Waals surface area contributed by atoms with Crippen molar-refractivity contribution in [2.24, 2.45) is 11.3 Å². The quantitative estimate of drug-likeness (QED) is 0.787. The highest BCUT2D eigenvalue weighted by Crippen LogP contribution is 2.51. The van der Waals surface area contributed by atoms with Crippen molar-refractivity contribution in [3.05, 3.63) is 0 Å². The molecule has 5 heteroatoms. The first-order chi connectivity index (χ1) is 9.17. The van der Waals surface area contributed by atoms with Crippen molar-refractivity contribution in [1.29, 1.82) is 0 Å². The van der Waals surface area contributed by atoms with E-state index in [0.29, 0.717) is 25.2 Å². The van der Waals surface area contributed by atoms with E-state index in [1.165, 1.54) is 0 Å². The number of alkyl halides is 3. The maximum absolute atomic E-state index is 13.4. The van der Waals surface area contributed by atoms with Gasteiger partial charge < -0.3 is 0 Å². The van der Waals surface area contributed by atoms with Crippen LogP contribution in [0.25, 0.3) is 0 Å². The molecule has 0 atom stereocenters. The van der Waals surface area contributed by atoms with E-state index in [2.05, 4.69) is 23.6 Å². The second-order valence-corrected chi connectivity index (χ2v) is 7.05. The van der Waals surface area contributed by atoms with E-state index in [1.54, 1.807) is 13.8 Å². The second kappa shape index (κ2) is 5.48. The van der Waals surface area contributed by atoms with E-state index in [1.807, 2.05) is 0 Å². The van der Waals surface area contributed by atoms with Gasteiger partial charge >= 0.3 is 6.18 Å². The van der Waals surface area contributed by atoms with Gasteiger partial charge in [-0.1, -0.05) is 13.8 Å². The Morgan fingerprint density at radius 2 is 1.50 bits per heavy atom.